The van der Waals surface area contributed by atoms with Gasteiger partial charge in [-0.05, 0) is 77.0 Å². The average molecular weight is 815 g/mol. The van der Waals surface area contributed by atoms with Crippen LogP contribution in [0, 0.1) is 0 Å². The first-order valence-corrected chi connectivity index (χ1v) is 25.0. The van der Waals surface area contributed by atoms with Crippen LogP contribution in [0.3, 0.4) is 0 Å². The number of allylic oxidation sites excluding steroid dienone is 6. The van der Waals surface area contributed by atoms with Crippen LogP contribution in [0.2, 0.25) is 0 Å². The molecule has 0 aliphatic rings. The summed E-state index contributed by atoms with van der Waals surface area (Å²) in [4.78, 5) is 37.8. The molecule has 0 aromatic rings. The van der Waals surface area contributed by atoms with E-state index >= 15 is 0 Å². The minimum Gasteiger partial charge on any atom is -0.462 e. The number of unbranched alkanes of at least 4 members (excludes halogenated alkanes) is 28. The first-order valence-electron chi connectivity index (χ1n) is 25.0. The summed E-state index contributed by atoms with van der Waals surface area (Å²) in [5, 5.41) is 0. The Morgan fingerprint density at radius 3 is 1.00 bits per heavy atom. The average Bonchev–Trinajstić information content (AvgIpc) is 3.22. The third kappa shape index (κ3) is 44.7. The Bertz CT molecular complexity index is 984. The van der Waals surface area contributed by atoms with E-state index in [0.717, 1.165) is 77.0 Å². The lowest BCUT2D eigenvalue weighted by atomic mass is 10.1. The van der Waals surface area contributed by atoms with Crippen molar-refractivity contribution in [1.82, 2.24) is 0 Å². The van der Waals surface area contributed by atoms with Gasteiger partial charge in [-0.2, -0.15) is 0 Å². The number of hydrogen-bond donors (Lipinski definition) is 0. The zero-order chi connectivity index (χ0) is 42.3. The minimum atomic E-state index is -0.774. The highest BCUT2D eigenvalue weighted by Gasteiger charge is 2.19. The van der Waals surface area contributed by atoms with Crippen molar-refractivity contribution in [3.8, 4) is 0 Å². The second-order valence-corrected chi connectivity index (χ2v) is 16.7. The molecule has 0 bridgehead atoms. The van der Waals surface area contributed by atoms with Gasteiger partial charge in [-0.1, -0.05) is 198 Å². The first-order chi connectivity index (χ1) is 28.5. The third-order valence-electron chi connectivity index (χ3n) is 10.9. The fourth-order valence-corrected chi connectivity index (χ4v) is 7.05. The van der Waals surface area contributed by atoms with E-state index < -0.39 is 6.10 Å². The molecule has 0 aliphatic carbocycles. The van der Waals surface area contributed by atoms with E-state index in [4.69, 9.17) is 14.2 Å². The standard InChI is InChI=1S/C52H94O6/c1-4-7-10-13-16-19-21-23-25-26-27-29-30-33-36-39-42-45-51(54)57-48-49(47-56-50(53)44-41-38-35-32-18-15-12-9-6-3)58-52(55)46-43-40-37-34-31-28-24-22-20-17-14-11-8-5-2/h16,19,22-25,49H,4-15,17-18,20-21,26-48H2,1-3H3/b19-16-,24-22-,25-23-. The monoisotopic (exact) mass is 815 g/mol. The van der Waals surface area contributed by atoms with Crippen LogP contribution in [-0.2, 0) is 28.6 Å². The van der Waals surface area contributed by atoms with Gasteiger partial charge in [-0.15, -0.1) is 0 Å². The van der Waals surface area contributed by atoms with Gasteiger partial charge >= 0.3 is 17.9 Å². The molecule has 0 saturated carbocycles. The van der Waals surface area contributed by atoms with Crippen molar-refractivity contribution in [1.29, 1.82) is 0 Å². The zero-order valence-corrected chi connectivity index (χ0v) is 38.6. The van der Waals surface area contributed by atoms with E-state index in [1.54, 1.807) is 0 Å². The lowest BCUT2D eigenvalue weighted by Crippen LogP contribution is -2.30. The van der Waals surface area contributed by atoms with Gasteiger partial charge in [0.25, 0.3) is 0 Å². The van der Waals surface area contributed by atoms with Gasteiger partial charge in [-0.3, -0.25) is 14.4 Å². The first kappa shape index (κ1) is 55.6. The van der Waals surface area contributed by atoms with Crippen LogP contribution >= 0.6 is 0 Å². The molecular weight excluding hydrogens is 721 g/mol. The molecule has 0 N–H and O–H groups in total. The molecule has 1 atom stereocenters. The maximum absolute atomic E-state index is 12.7. The molecular formula is C52H94O6. The zero-order valence-electron chi connectivity index (χ0n) is 38.6. The number of hydrogen-bond acceptors (Lipinski definition) is 6. The fraction of sp³-hybridized carbons (Fsp3) is 0.827. The summed E-state index contributed by atoms with van der Waals surface area (Å²) in [7, 11) is 0. The van der Waals surface area contributed by atoms with Crippen LogP contribution in [-0.4, -0.2) is 37.2 Å². The van der Waals surface area contributed by atoms with Crippen LogP contribution in [0.5, 0.6) is 0 Å². The largest absolute Gasteiger partial charge is 0.462 e. The molecule has 0 saturated heterocycles. The maximum atomic E-state index is 12.7. The molecule has 0 heterocycles. The summed E-state index contributed by atoms with van der Waals surface area (Å²) in [5.74, 6) is -0.889. The Balaban J connectivity index is 4.33. The number of ether oxygens (including phenoxy) is 3. The predicted octanol–water partition coefficient (Wildman–Crippen LogP) is 16.1. The summed E-state index contributed by atoms with van der Waals surface area (Å²) < 4.78 is 16.7. The number of rotatable bonds is 45. The van der Waals surface area contributed by atoms with E-state index in [0.29, 0.717) is 19.3 Å². The normalized spacial score (nSPS) is 12.3. The smallest absolute Gasteiger partial charge is 0.306 e. The molecule has 0 amide bonds. The highest BCUT2D eigenvalue weighted by Crippen LogP contribution is 2.14. The van der Waals surface area contributed by atoms with Crippen molar-refractivity contribution in [3.05, 3.63) is 36.5 Å². The van der Waals surface area contributed by atoms with Gasteiger partial charge in [0, 0.05) is 19.3 Å². The molecule has 58 heavy (non-hydrogen) atoms. The third-order valence-corrected chi connectivity index (χ3v) is 10.9. The van der Waals surface area contributed by atoms with Crippen LogP contribution < -0.4 is 0 Å². The maximum Gasteiger partial charge on any atom is 0.306 e. The van der Waals surface area contributed by atoms with Crippen LogP contribution in [0.4, 0.5) is 0 Å². The summed E-state index contributed by atoms with van der Waals surface area (Å²) in [5.41, 5.74) is 0. The van der Waals surface area contributed by atoms with Crippen molar-refractivity contribution in [2.45, 2.75) is 264 Å². The number of carbonyl (C=O) groups is 3. The Hall–Kier alpha value is -2.37. The molecule has 0 aromatic heterocycles. The van der Waals surface area contributed by atoms with E-state index in [-0.39, 0.29) is 31.1 Å². The Morgan fingerprint density at radius 2 is 0.621 bits per heavy atom. The lowest BCUT2D eigenvalue weighted by molar-refractivity contribution is -0.167. The second-order valence-electron chi connectivity index (χ2n) is 16.7. The molecule has 1 unspecified atom stereocenters. The topological polar surface area (TPSA) is 78.9 Å². The molecule has 6 nitrogen and oxygen atoms in total. The molecule has 338 valence electrons. The second kappa shape index (κ2) is 47.3. The van der Waals surface area contributed by atoms with Crippen molar-refractivity contribution < 1.29 is 28.6 Å². The molecule has 6 heteroatoms. The quantitative estimate of drug-likeness (QED) is 0.0264. The van der Waals surface area contributed by atoms with Crippen LogP contribution in [0.25, 0.3) is 0 Å². The van der Waals surface area contributed by atoms with Crippen molar-refractivity contribution >= 4 is 17.9 Å². The van der Waals surface area contributed by atoms with Crippen LogP contribution in [0.15, 0.2) is 36.5 Å². The highest BCUT2D eigenvalue weighted by atomic mass is 16.6. The van der Waals surface area contributed by atoms with Gasteiger partial charge in [0.2, 0.25) is 0 Å². The van der Waals surface area contributed by atoms with Crippen molar-refractivity contribution in [3.63, 3.8) is 0 Å². The fourth-order valence-electron chi connectivity index (χ4n) is 7.05. The Labute approximate surface area is 359 Å². The minimum absolute atomic E-state index is 0.0759. The molecule has 0 aromatic carbocycles. The number of esters is 3. The van der Waals surface area contributed by atoms with E-state index in [1.165, 1.54) is 141 Å². The summed E-state index contributed by atoms with van der Waals surface area (Å²) in [6.45, 7) is 6.58. The van der Waals surface area contributed by atoms with E-state index in [2.05, 4.69) is 57.2 Å². The molecule has 0 rings (SSSR count). The molecule has 0 fully saturated rings. The summed E-state index contributed by atoms with van der Waals surface area (Å²) in [6.07, 6.45) is 54.1. The van der Waals surface area contributed by atoms with Crippen molar-refractivity contribution in [2.75, 3.05) is 13.2 Å². The van der Waals surface area contributed by atoms with Gasteiger partial charge in [-0.25, -0.2) is 0 Å². The van der Waals surface area contributed by atoms with E-state index in [9.17, 15) is 14.4 Å². The SMILES string of the molecule is CCCCC/C=C\C/C=C\CCCCCCCCCC(=O)OCC(COC(=O)CCCCCCCCCCC)OC(=O)CCCCCCC/C=C\CCCCCCC. The molecule has 0 spiro atoms. The van der Waals surface area contributed by atoms with Crippen LogP contribution in [0.1, 0.15) is 258 Å². The van der Waals surface area contributed by atoms with Gasteiger partial charge < -0.3 is 14.2 Å². The highest BCUT2D eigenvalue weighted by molar-refractivity contribution is 5.71. The summed E-state index contributed by atoms with van der Waals surface area (Å²) >= 11 is 0. The van der Waals surface area contributed by atoms with Gasteiger partial charge in [0.05, 0.1) is 0 Å². The van der Waals surface area contributed by atoms with E-state index in [1.807, 2.05) is 0 Å². The van der Waals surface area contributed by atoms with Gasteiger partial charge in [0.1, 0.15) is 13.2 Å². The Morgan fingerprint density at radius 1 is 0.345 bits per heavy atom. The van der Waals surface area contributed by atoms with Gasteiger partial charge in [0.15, 0.2) is 6.10 Å². The molecule has 0 aliphatic heterocycles. The number of carbonyl (C=O) groups excluding carboxylic acids is 3. The summed E-state index contributed by atoms with van der Waals surface area (Å²) in [6, 6.07) is 0. The Kier molecular flexibility index (Phi) is 45.4. The van der Waals surface area contributed by atoms with Crippen molar-refractivity contribution in [2.24, 2.45) is 0 Å². The lowest BCUT2D eigenvalue weighted by Gasteiger charge is -2.18. The molecule has 0 radical (unpaired) electrons. The predicted molar refractivity (Wildman–Crippen MR) is 247 cm³/mol.